The fourth-order valence-electron chi connectivity index (χ4n) is 3.62. The molecule has 0 saturated carbocycles. The first kappa shape index (κ1) is 19.8. The molecule has 1 saturated heterocycles. The SMILES string of the molecule is O=C(Cn1c(=O)oc2ccccc21)NCC1CCN(C(=O)/C=C/c2ccco2)CC1. The number of likely N-dealkylation sites (tertiary alicyclic amines) is 1. The van der Waals surface area contributed by atoms with E-state index in [4.69, 9.17) is 8.83 Å². The second-order valence-corrected chi connectivity index (χ2v) is 7.34. The zero-order valence-corrected chi connectivity index (χ0v) is 16.5. The molecular formula is C22H23N3O5. The minimum Gasteiger partial charge on any atom is -0.465 e. The summed E-state index contributed by atoms with van der Waals surface area (Å²) in [6, 6.07) is 10.6. The molecule has 0 unspecified atom stereocenters. The molecule has 3 aromatic rings. The van der Waals surface area contributed by atoms with E-state index in [0.29, 0.717) is 42.4 Å². The molecule has 3 heterocycles. The molecule has 4 rings (SSSR count). The van der Waals surface area contributed by atoms with Gasteiger partial charge in [0.2, 0.25) is 11.8 Å². The van der Waals surface area contributed by atoms with Gasteiger partial charge in [-0.3, -0.25) is 14.2 Å². The summed E-state index contributed by atoms with van der Waals surface area (Å²) < 4.78 is 11.7. The number of oxazole rings is 1. The Kier molecular flexibility index (Phi) is 5.83. The fraction of sp³-hybridized carbons (Fsp3) is 0.318. The Morgan fingerprint density at radius 3 is 2.70 bits per heavy atom. The molecule has 0 aliphatic carbocycles. The molecule has 0 radical (unpaired) electrons. The number of rotatable bonds is 6. The fourth-order valence-corrected chi connectivity index (χ4v) is 3.62. The van der Waals surface area contributed by atoms with Gasteiger partial charge in [0, 0.05) is 25.7 Å². The summed E-state index contributed by atoms with van der Waals surface area (Å²) >= 11 is 0. The molecule has 1 N–H and O–H groups in total. The molecule has 1 aliphatic rings. The predicted molar refractivity (Wildman–Crippen MR) is 111 cm³/mol. The number of furan rings is 1. The first-order valence-electron chi connectivity index (χ1n) is 9.96. The summed E-state index contributed by atoms with van der Waals surface area (Å²) in [6.07, 6.45) is 6.38. The van der Waals surface area contributed by atoms with Crippen LogP contribution in [0, 0.1) is 5.92 Å². The lowest BCUT2D eigenvalue weighted by molar-refractivity contribution is -0.127. The average molecular weight is 409 g/mol. The Hall–Kier alpha value is -3.55. The van der Waals surface area contributed by atoms with Gasteiger partial charge in [-0.25, -0.2) is 4.79 Å². The molecule has 2 aromatic heterocycles. The summed E-state index contributed by atoms with van der Waals surface area (Å²) in [4.78, 5) is 38.4. The first-order chi connectivity index (χ1) is 14.6. The summed E-state index contributed by atoms with van der Waals surface area (Å²) in [5.74, 6) is 0.125. The lowest BCUT2D eigenvalue weighted by atomic mass is 9.96. The number of para-hydroxylation sites is 2. The number of hydrogen-bond acceptors (Lipinski definition) is 5. The molecule has 2 amide bonds. The van der Waals surface area contributed by atoms with E-state index >= 15 is 0 Å². The van der Waals surface area contributed by atoms with Crippen LogP contribution in [0.1, 0.15) is 18.6 Å². The van der Waals surface area contributed by atoms with Crippen LogP contribution in [0.25, 0.3) is 17.2 Å². The van der Waals surface area contributed by atoms with Gasteiger partial charge in [0.05, 0.1) is 11.8 Å². The normalized spacial score (nSPS) is 15.1. The van der Waals surface area contributed by atoms with E-state index in [-0.39, 0.29) is 18.4 Å². The molecule has 8 nitrogen and oxygen atoms in total. The van der Waals surface area contributed by atoms with Gasteiger partial charge in [0.1, 0.15) is 12.3 Å². The molecule has 1 fully saturated rings. The highest BCUT2D eigenvalue weighted by atomic mass is 16.4. The lowest BCUT2D eigenvalue weighted by Crippen LogP contribution is -2.41. The minimum absolute atomic E-state index is 0.0416. The number of benzene rings is 1. The van der Waals surface area contributed by atoms with Gasteiger partial charge >= 0.3 is 5.76 Å². The van der Waals surface area contributed by atoms with Gasteiger partial charge in [-0.2, -0.15) is 0 Å². The molecule has 0 atom stereocenters. The van der Waals surface area contributed by atoms with Crippen molar-refractivity contribution in [2.24, 2.45) is 5.92 Å². The van der Waals surface area contributed by atoms with E-state index in [1.54, 1.807) is 53.6 Å². The standard InChI is InChI=1S/C22H23N3O5/c26-20(15-25-18-5-1-2-6-19(18)30-22(25)28)23-14-16-9-11-24(12-10-16)21(27)8-7-17-4-3-13-29-17/h1-8,13,16H,9-12,14-15H2,(H,23,26)/b8-7+. The maximum Gasteiger partial charge on any atom is 0.420 e. The Labute approximate surface area is 172 Å². The van der Waals surface area contributed by atoms with Crippen molar-refractivity contribution in [3.8, 4) is 0 Å². The quantitative estimate of drug-likeness (QED) is 0.630. The second kappa shape index (κ2) is 8.86. The van der Waals surface area contributed by atoms with Crippen LogP contribution in [0.2, 0.25) is 0 Å². The van der Waals surface area contributed by atoms with Crippen LogP contribution in [0.3, 0.4) is 0 Å². The number of hydrogen-bond donors (Lipinski definition) is 1. The monoisotopic (exact) mass is 409 g/mol. The van der Waals surface area contributed by atoms with Crippen molar-refractivity contribution in [1.82, 2.24) is 14.8 Å². The topological polar surface area (TPSA) is 97.7 Å². The van der Waals surface area contributed by atoms with E-state index in [1.165, 1.54) is 10.6 Å². The van der Waals surface area contributed by atoms with Crippen molar-refractivity contribution < 1.29 is 18.4 Å². The van der Waals surface area contributed by atoms with Crippen LogP contribution in [-0.2, 0) is 16.1 Å². The smallest absolute Gasteiger partial charge is 0.420 e. The molecule has 0 bridgehead atoms. The van der Waals surface area contributed by atoms with Gasteiger partial charge in [0.15, 0.2) is 5.58 Å². The van der Waals surface area contributed by atoms with Crippen molar-refractivity contribution in [3.63, 3.8) is 0 Å². The van der Waals surface area contributed by atoms with E-state index in [9.17, 15) is 14.4 Å². The van der Waals surface area contributed by atoms with Crippen molar-refractivity contribution in [2.75, 3.05) is 19.6 Å². The van der Waals surface area contributed by atoms with Crippen LogP contribution < -0.4 is 11.1 Å². The highest BCUT2D eigenvalue weighted by molar-refractivity contribution is 5.91. The summed E-state index contributed by atoms with van der Waals surface area (Å²) in [6.45, 7) is 1.74. The van der Waals surface area contributed by atoms with Crippen molar-refractivity contribution >= 4 is 29.0 Å². The van der Waals surface area contributed by atoms with Gasteiger partial charge < -0.3 is 19.1 Å². The third-order valence-electron chi connectivity index (χ3n) is 5.32. The molecule has 8 heteroatoms. The van der Waals surface area contributed by atoms with E-state index < -0.39 is 5.76 Å². The number of amides is 2. The van der Waals surface area contributed by atoms with Crippen LogP contribution in [0.5, 0.6) is 0 Å². The number of carbonyl (C=O) groups excluding carboxylic acids is 2. The molecule has 0 spiro atoms. The Morgan fingerprint density at radius 2 is 1.93 bits per heavy atom. The molecule has 1 aromatic carbocycles. The number of fused-ring (bicyclic) bond motifs is 1. The summed E-state index contributed by atoms with van der Waals surface area (Å²) in [5, 5.41) is 2.90. The van der Waals surface area contributed by atoms with Crippen molar-refractivity contribution in [1.29, 1.82) is 0 Å². The van der Waals surface area contributed by atoms with Crippen LogP contribution in [0.15, 0.2) is 62.4 Å². The Balaban J connectivity index is 1.23. The zero-order chi connectivity index (χ0) is 20.9. The lowest BCUT2D eigenvalue weighted by Gasteiger charge is -2.31. The third-order valence-corrected chi connectivity index (χ3v) is 5.32. The molecular weight excluding hydrogens is 386 g/mol. The van der Waals surface area contributed by atoms with E-state index in [2.05, 4.69) is 5.32 Å². The van der Waals surface area contributed by atoms with Crippen LogP contribution in [-0.4, -0.2) is 40.9 Å². The maximum atomic E-state index is 12.3. The first-order valence-corrected chi connectivity index (χ1v) is 9.96. The highest BCUT2D eigenvalue weighted by Gasteiger charge is 2.22. The number of nitrogens with zero attached hydrogens (tertiary/aromatic N) is 2. The maximum absolute atomic E-state index is 12.3. The zero-order valence-electron chi connectivity index (χ0n) is 16.5. The van der Waals surface area contributed by atoms with Gasteiger partial charge in [-0.1, -0.05) is 12.1 Å². The van der Waals surface area contributed by atoms with E-state index in [1.807, 2.05) is 0 Å². The average Bonchev–Trinajstić information content (AvgIpc) is 3.39. The number of piperidine rings is 1. The number of aromatic nitrogens is 1. The Bertz CT molecular complexity index is 1100. The van der Waals surface area contributed by atoms with Gasteiger partial charge in [-0.05, 0) is 49.1 Å². The highest BCUT2D eigenvalue weighted by Crippen LogP contribution is 2.17. The summed E-state index contributed by atoms with van der Waals surface area (Å²) in [5.41, 5.74) is 1.07. The molecule has 30 heavy (non-hydrogen) atoms. The van der Waals surface area contributed by atoms with Crippen LogP contribution >= 0.6 is 0 Å². The van der Waals surface area contributed by atoms with Gasteiger partial charge in [-0.15, -0.1) is 0 Å². The van der Waals surface area contributed by atoms with Crippen molar-refractivity contribution in [3.05, 3.63) is 65.0 Å². The van der Waals surface area contributed by atoms with Crippen LogP contribution in [0.4, 0.5) is 0 Å². The third kappa shape index (κ3) is 4.53. The largest absolute Gasteiger partial charge is 0.465 e. The molecule has 156 valence electrons. The van der Waals surface area contributed by atoms with Crippen molar-refractivity contribution in [2.45, 2.75) is 19.4 Å². The second-order valence-electron chi connectivity index (χ2n) is 7.34. The molecule has 1 aliphatic heterocycles. The predicted octanol–water partition coefficient (Wildman–Crippen LogP) is 2.26. The van der Waals surface area contributed by atoms with E-state index in [0.717, 1.165) is 12.8 Å². The summed E-state index contributed by atoms with van der Waals surface area (Å²) in [7, 11) is 0. The van der Waals surface area contributed by atoms with Gasteiger partial charge in [0.25, 0.3) is 0 Å². The Morgan fingerprint density at radius 1 is 1.13 bits per heavy atom. The minimum atomic E-state index is -0.541. The number of nitrogens with one attached hydrogen (secondary N) is 1. The number of carbonyl (C=O) groups is 2.